The van der Waals surface area contributed by atoms with Crippen LogP contribution in [0, 0.1) is 13.8 Å². The first-order valence-electron chi connectivity index (χ1n) is 15.6. The number of nitrogens with zero attached hydrogens (tertiary/aromatic N) is 4. The summed E-state index contributed by atoms with van der Waals surface area (Å²) in [7, 11) is 0. The molecule has 0 bridgehead atoms. The lowest BCUT2D eigenvalue weighted by atomic mass is 9.33. The van der Waals surface area contributed by atoms with Crippen LogP contribution in [0.15, 0.2) is 127 Å². The van der Waals surface area contributed by atoms with Gasteiger partial charge in [0.15, 0.2) is 0 Å². The zero-order valence-corrected chi connectivity index (χ0v) is 25.0. The molecule has 0 unspecified atom stereocenters. The molecule has 5 heteroatoms. The zero-order valence-electron chi connectivity index (χ0n) is 25.0. The fraction of sp³-hybridized carbons (Fsp3) is 0.0500. The molecule has 210 valence electrons. The van der Waals surface area contributed by atoms with E-state index in [4.69, 9.17) is 9.97 Å². The predicted molar refractivity (Wildman–Crippen MR) is 189 cm³/mol. The maximum absolute atomic E-state index is 5.27. The van der Waals surface area contributed by atoms with Gasteiger partial charge in [0, 0.05) is 55.7 Å². The van der Waals surface area contributed by atoms with Crippen LogP contribution in [0.4, 0.5) is 34.1 Å². The van der Waals surface area contributed by atoms with Crippen molar-refractivity contribution in [2.75, 3.05) is 9.80 Å². The minimum Gasteiger partial charge on any atom is -0.311 e. The van der Waals surface area contributed by atoms with Crippen molar-refractivity contribution in [3.63, 3.8) is 0 Å². The molecule has 0 atom stereocenters. The van der Waals surface area contributed by atoms with Gasteiger partial charge in [-0.1, -0.05) is 78.9 Å². The molecule has 0 saturated carbocycles. The summed E-state index contributed by atoms with van der Waals surface area (Å²) >= 11 is 0. The van der Waals surface area contributed by atoms with Crippen LogP contribution in [0.2, 0.25) is 0 Å². The Morgan fingerprint density at radius 2 is 0.889 bits per heavy atom. The van der Waals surface area contributed by atoms with Crippen molar-refractivity contribution in [1.82, 2.24) is 9.97 Å². The smallest absolute Gasteiger partial charge is 0.252 e. The minimum atomic E-state index is 0.0445. The highest BCUT2D eigenvalue weighted by molar-refractivity contribution is 7.01. The number of benzene rings is 6. The van der Waals surface area contributed by atoms with Crippen molar-refractivity contribution in [2.45, 2.75) is 13.8 Å². The Hall–Kier alpha value is -5.68. The summed E-state index contributed by atoms with van der Waals surface area (Å²) in [5.41, 5.74) is 15.1. The molecule has 0 saturated heterocycles. The van der Waals surface area contributed by atoms with E-state index in [-0.39, 0.29) is 6.71 Å². The molecule has 0 N–H and O–H groups in total. The molecule has 4 nitrogen and oxygen atoms in total. The van der Waals surface area contributed by atoms with Crippen LogP contribution in [0.5, 0.6) is 0 Å². The summed E-state index contributed by atoms with van der Waals surface area (Å²) < 4.78 is 0. The van der Waals surface area contributed by atoms with Gasteiger partial charge in [0.25, 0.3) is 6.71 Å². The van der Waals surface area contributed by atoms with E-state index in [2.05, 4.69) is 151 Å². The van der Waals surface area contributed by atoms with Crippen molar-refractivity contribution >= 4 is 89.8 Å². The van der Waals surface area contributed by atoms with Crippen molar-refractivity contribution in [1.29, 1.82) is 0 Å². The lowest BCUT2D eigenvalue weighted by Gasteiger charge is -2.45. The molecule has 2 aromatic heterocycles. The largest absolute Gasteiger partial charge is 0.311 e. The van der Waals surface area contributed by atoms with Gasteiger partial charge in [-0.05, 0) is 78.8 Å². The van der Waals surface area contributed by atoms with Gasteiger partial charge in [-0.2, -0.15) is 0 Å². The number of anilines is 6. The highest BCUT2D eigenvalue weighted by atomic mass is 15.2. The van der Waals surface area contributed by atoms with Gasteiger partial charge < -0.3 is 9.80 Å². The summed E-state index contributed by atoms with van der Waals surface area (Å²) in [6, 6.07) is 45.9. The molecule has 10 rings (SSSR count). The van der Waals surface area contributed by atoms with Gasteiger partial charge in [-0.15, -0.1) is 0 Å². The van der Waals surface area contributed by atoms with Crippen LogP contribution in [0.25, 0.3) is 32.6 Å². The van der Waals surface area contributed by atoms with Crippen LogP contribution >= 0.6 is 0 Å². The van der Waals surface area contributed by atoms with Crippen molar-refractivity contribution < 1.29 is 0 Å². The molecule has 2 aliphatic heterocycles. The molecule has 8 aromatic rings. The van der Waals surface area contributed by atoms with E-state index in [1.165, 1.54) is 55.3 Å². The second-order valence-electron chi connectivity index (χ2n) is 12.2. The lowest BCUT2D eigenvalue weighted by molar-refractivity contribution is 1.23. The fourth-order valence-electron chi connectivity index (χ4n) is 8.16. The zero-order chi connectivity index (χ0) is 29.8. The first-order chi connectivity index (χ1) is 22.2. The van der Waals surface area contributed by atoms with Gasteiger partial charge in [0.05, 0.1) is 22.4 Å². The second kappa shape index (κ2) is 8.93. The van der Waals surface area contributed by atoms with Crippen LogP contribution in [-0.2, 0) is 0 Å². The molecule has 0 aliphatic carbocycles. The first-order valence-corrected chi connectivity index (χ1v) is 15.6. The quantitative estimate of drug-likeness (QED) is 0.154. The maximum Gasteiger partial charge on any atom is 0.252 e. The number of fused-ring (bicyclic) bond motifs is 6. The van der Waals surface area contributed by atoms with E-state index in [0.29, 0.717) is 0 Å². The van der Waals surface area contributed by atoms with E-state index in [0.717, 1.165) is 39.2 Å². The SMILES string of the molecule is Cc1nc2cccc3nc(C)c4c5c6c(c1c4c23)N(c1ccccc1)c1ccccc1B6c1ccccc1N5c1ccccc1. The van der Waals surface area contributed by atoms with Crippen molar-refractivity contribution in [2.24, 2.45) is 0 Å². The monoisotopic (exact) mass is 574 g/mol. The molecule has 0 fully saturated rings. The summed E-state index contributed by atoms with van der Waals surface area (Å²) in [6.45, 7) is 4.40. The molecule has 6 aromatic carbocycles. The van der Waals surface area contributed by atoms with E-state index in [9.17, 15) is 0 Å². The maximum atomic E-state index is 5.27. The Morgan fingerprint density at radius 1 is 0.444 bits per heavy atom. The van der Waals surface area contributed by atoms with Crippen LogP contribution in [-0.4, -0.2) is 16.7 Å². The van der Waals surface area contributed by atoms with Crippen molar-refractivity contribution in [3.8, 4) is 0 Å². The predicted octanol–water partition coefficient (Wildman–Crippen LogP) is 8.07. The summed E-state index contributed by atoms with van der Waals surface area (Å²) in [5, 5.41) is 4.78. The molecular weight excluding hydrogens is 547 g/mol. The Labute approximate surface area is 261 Å². The average Bonchev–Trinajstić information content (AvgIpc) is 3.08. The Bertz CT molecular complexity index is 2310. The number of hydrogen-bond donors (Lipinski definition) is 0. The van der Waals surface area contributed by atoms with E-state index in [1.807, 2.05) is 0 Å². The van der Waals surface area contributed by atoms with Gasteiger partial charge in [-0.25, -0.2) is 0 Å². The van der Waals surface area contributed by atoms with Gasteiger partial charge in [0.2, 0.25) is 0 Å². The highest BCUT2D eigenvalue weighted by Crippen LogP contribution is 2.52. The van der Waals surface area contributed by atoms with Gasteiger partial charge >= 0.3 is 0 Å². The molecule has 2 aliphatic rings. The van der Waals surface area contributed by atoms with E-state index < -0.39 is 0 Å². The standard InChI is InChI=1S/C40H27BN4/c1-24-34-37-35(25(2)43-31-21-13-20-30(42-24)36(31)37)40-38-39(34)44(26-14-5-3-6-15-26)32-22-11-9-18-28(32)41(38)29-19-10-12-23-33(29)45(40)27-16-7-4-8-17-27/h3-23H,1-2H3. The Morgan fingerprint density at radius 3 is 1.38 bits per heavy atom. The number of aromatic nitrogens is 2. The fourth-order valence-corrected chi connectivity index (χ4v) is 8.16. The minimum absolute atomic E-state index is 0.0445. The van der Waals surface area contributed by atoms with Crippen LogP contribution < -0.4 is 26.2 Å². The normalized spacial score (nSPS) is 13.4. The molecular formula is C40H27BN4. The van der Waals surface area contributed by atoms with Crippen LogP contribution in [0.1, 0.15) is 11.4 Å². The van der Waals surface area contributed by atoms with Crippen molar-refractivity contribution in [3.05, 3.63) is 139 Å². The van der Waals surface area contributed by atoms with Gasteiger partial charge in [-0.3, -0.25) is 9.97 Å². The number of hydrogen-bond acceptors (Lipinski definition) is 4. The number of pyridine rings is 2. The van der Waals surface area contributed by atoms with Gasteiger partial charge in [0.1, 0.15) is 0 Å². The van der Waals surface area contributed by atoms with Crippen LogP contribution in [0.3, 0.4) is 0 Å². The molecule has 4 heterocycles. The summed E-state index contributed by atoms with van der Waals surface area (Å²) in [4.78, 5) is 15.5. The third kappa shape index (κ3) is 3.17. The molecule has 0 spiro atoms. The average molecular weight is 574 g/mol. The molecule has 45 heavy (non-hydrogen) atoms. The number of aryl methyl sites for hydroxylation is 2. The molecule has 0 amide bonds. The van der Waals surface area contributed by atoms with E-state index >= 15 is 0 Å². The lowest BCUT2D eigenvalue weighted by Crippen LogP contribution is -2.61. The second-order valence-corrected chi connectivity index (χ2v) is 12.2. The summed E-state index contributed by atoms with van der Waals surface area (Å²) in [5.74, 6) is 0. The summed E-state index contributed by atoms with van der Waals surface area (Å²) in [6.07, 6.45) is 0. The topological polar surface area (TPSA) is 32.3 Å². The number of para-hydroxylation sites is 4. The highest BCUT2D eigenvalue weighted by Gasteiger charge is 2.45. The third-order valence-electron chi connectivity index (χ3n) is 9.80. The first kappa shape index (κ1) is 24.7. The number of rotatable bonds is 2. The Balaban J connectivity index is 1.52. The molecule has 0 radical (unpaired) electrons. The van der Waals surface area contributed by atoms with E-state index in [1.54, 1.807) is 0 Å². The third-order valence-corrected chi connectivity index (χ3v) is 9.80. The Kier molecular flexibility index (Phi) is 4.91.